The van der Waals surface area contributed by atoms with Crippen molar-refractivity contribution in [2.75, 3.05) is 18.4 Å². The van der Waals surface area contributed by atoms with Gasteiger partial charge in [0.05, 0.1) is 6.54 Å². The first-order valence-electron chi connectivity index (χ1n) is 8.81. The smallest absolute Gasteiger partial charge is 0.315 e. The molecule has 1 fully saturated rings. The molecular formula is C18H28N4O2. The van der Waals surface area contributed by atoms with Crippen molar-refractivity contribution >= 4 is 17.6 Å². The summed E-state index contributed by atoms with van der Waals surface area (Å²) in [6, 6.07) is 7.67. The van der Waals surface area contributed by atoms with Gasteiger partial charge in [-0.15, -0.1) is 0 Å². The summed E-state index contributed by atoms with van der Waals surface area (Å²) in [5.74, 6) is -0.227. The molecule has 2 rings (SSSR count). The summed E-state index contributed by atoms with van der Waals surface area (Å²) >= 11 is 0. The summed E-state index contributed by atoms with van der Waals surface area (Å²) in [6.45, 7) is 3.69. The van der Waals surface area contributed by atoms with Gasteiger partial charge < -0.3 is 21.3 Å². The van der Waals surface area contributed by atoms with Crippen LogP contribution in [0.1, 0.15) is 44.6 Å². The normalized spacial score (nSPS) is 14.9. The Morgan fingerprint density at radius 2 is 1.96 bits per heavy atom. The largest absolute Gasteiger partial charge is 0.335 e. The molecule has 0 aromatic heterocycles. The van der Waals surface area contributed by atoms with E-state index in [-0.39, 0.29) is 24.5 Å². The lowest BCUT2D eigenvalue weighted by atomic mass is 9.96. The molecule has 0 aliphatic heterocycles. The van der Waals surface area contributed by atoms with Crippen molar-refractivity contribution in [1.29, 1.82) is 0 Å². The molecule has 0 bridgehead atoms. The fourth-order valence-corrected chi connectivity index (χ4v) is 2.88. The van der Waals surface area contributed by atoms with Crippen LogP contribution in [0.5, 0.6) is 0 Å². The van der Waals surface area contributed by atoms with Crippen molar-refractivity contribution in [3.8, 4) is 0 Å². The van der Waals surface area contributed by atoms with Crippen LogP contribution in [0, 0.1) is 0 Å². The quantitative estimate of drug-likeness (QED) is 0.619. The molecule has 6 heteroatoms. The SMILES string of the molecule is CCNCc1cccc(NC(=O)CNC(=O)NC2CCCCC2)c1. The summed E-state index contributed by atoms with van der Waals surface area (Å²) < 4.78 is 0. The van der Waals surface area contributed by atoms with Crippen LogP contribution in [-0.4, -0.2) is 31.1 Å². The van der Waals surface area contributed by atoms with Crippen LogP contribution >= 0.6 is 0 Å². The molecule has 132 valence electrons. The maximum atomic E-state index is 12.0. The van der Waals surface area contributed by atoms with E-state index in [1.54, 1.807) is 0 Å². The molecule has 0 saturated heterocycles. The number of carbonyl (C=O) groups is 2. The first kappa shape index (κ1) is 18.3. The van der Waals surface area contributed by atoms with Crippen molar-refractivity contribution in [2.45, 2.75) is 51.6 Å². The number of anilines is 1. The Morgan fingerprint density at radius 3 is 2.71 bits per heavy atom. The van der Waals surface area contributed by atoms with Crippen LogP contribution in [-0.2, 0) is 11.3 Å². The lowest BCUT2D eigenvalue weighted by Gasteiger charge is -2.22. The van der Waals surface area contributed by atoms with Gasteiger partial charge in [-0.25, -0.2) is 4.79 Å². The van der Waals surface area contributed by atoms with Gasteiger partial charge in [0.1, 0.15) is 0 Å². The van der Waals surface area contributed by atoms with E-state index in [0.29, 0.717) is 0 Å². The molecule has 0 radical (unpaired) electrons. The first-order valence-corrected chi connectivity index (χ1v) is 8.81. The second kappa shape index (κ2) is 9.93. The number of hydrogen-bond donors (Lipinski definition) is 4. The van der Waals surface area contributed by atoms with E-state index in [1.807, 2.05) is 24.3 Å². The van der Waals surface area contributed by atoms with E-state index >= 15 is 0 Å². The Hall–Kier alpha value is -2.08. The summed E-state index contributed by atoms with van der Waals surface area (Å²) in [5.41, 5.74) is 1.85. The average Bonchev–Trinajstić information content (AvgIpc) is 2.59. The third-order valence-corrected chi connectivity index (χ3v) is 4.14. The average molecular weight is 332 g/mol. The summed E-state index contributed by atoms with van der Waals surface area (Å²) in [4.78, 5) is 23.8. The van der Waals surface area contributed by atoms with E-state index in [0.717, 1.165) is 50.0 Å². The number of amides is 3. The van der Waals surface area contributed by atoms with Gasteiger partial charge in [-0.05, 0) is 37.1 Å². The highest BCUT2D eigenvalue weighted by atomic mass is 16.2. The highest BCUT2D eigenvalue weighted by molar-refractivity contribution is 5.94. The highest BCUT2D eigenvalue weighted by Crippen LogP contribution is 2.17. The number of hydrogen-bond acceptors (Lipinski definition) is 3. The molecule has 0 spiro atoms. The molecule has 3 amide bonds. The third-order valence-electron chi connectivity index (χ3n) is 4.14. The highest BCUT2D eigenvalue weighted by Gasteiger charge is 2.15. The minimum Gasteiger partial charge on any atom is -0.335 e. The number of rotatable bonds is 7. The van der Waals surface area contributed by atoms with Crippen LogP contribution in [0.25, 0.3) is 0 Å². The zero-order valence-corrected chi connectivity index (χ0v) is 14.4. The molecular weight excluding hydrogens is 304 g/mol. The minimum atomic E-state index is -0.266. The second-order valence-electron chi connectivity index (χ2n) is 6.19. The summed E-state index contributed by atoms with van der Waals surface area (Å²) in [5, 5.41) is 11.6. The van der Waals surface area contributed by atoms with Gasteiger partial charge in [-0.3, -0.25) is 4.79 Å². The van der Waals surface area contributed by atoms with E-state index in [1.165, 1.54) is 6.42 Å². The molecule has 4 N–H and O–H groups in total. The van der Waals surface area contributed by atoms with E-state index < -0.39 is 0 Å². The maximum Gasteiger partial charge on any atom is 0.315 e. The van der Waals surface area contributed by atoms with Crippen LogP contribution in [0.4, 0.5) is 10.5 Å². The summed E-state index contributed by atoms with van der Waals surface area (Å²) in [7, 11) is 0. The molecule has 1 aliphatic rings. The Kier molecular flexibility index (Phi) is 7.55. The topological polar surface area (TPSA) is 82.3 Å². The summed E-state index contributed by atoms with van der Waals surface area (Å²) in [6.07, 6.45) is 5.62. The molecule has 1 saturated carbocycles. The lowest BCUT2D eigenvalue weighted by molar-refractivity contribution is -0.115. The van der Waals surface area contributed by atoms with Crippen LogP contribution in [0.2, 0.25) is 0 Å². The minimum absolute atomic E-state index is 0.0318. The van der Waals surface area contributed by atoms with Crippen LogP contribution in [0.3, 0.4) is 0 Å². The number of benzene rings is 1. The van der Waals surface area contributed by atoms with Crippen LogP contribution in [0.15, 0.2) is 24.3 Å². The second-order valence-corrected chi connectivity index (χ2v) is 6.19. The molecule has 0 unspecified atom stereocenters. The zero-order valence-electron chi connectivity index (χ0n) is 14.4. The van der Waals surface area contributed by atoms with Crippen LogP contribution < -0.4 is 21.3 Å². The van der Waals surface area contributed by atoms with E-state index in [2.05, 4.69) is 28.2 Å². The number of urea groups is 1. The van der Waals surface area contributed by atoms with Gasteiger partial charge in [-0.1, -0.05) is 38.3 Å². The van der Waals surface area contributed by atoms with Crippen molar-refractivity contribution in [3.05, 3.63) is 29.8 Å². The Balaban J connectivity index is 1.71. The van der Waals surface area contributed by atoms with Gasteiger partial charge in [0.2, 0.25) is 5.91 Å². The Morgan fingerprint density at radius 1 is 1.17 bits per heavy atom. The third kappa shape index (κ3) is 6.58. The predicted molar refractivity (Wildman–Crippen MR) is 95.9 cm³/mol. The molecule has 6 nitrogen and oxygen atoms in total. The number of carbonyl (C=O) groups excluding carboxylic acids is 2. The monoisotopic (exact) mass is 332 g/mol. The Bertz CT molecular complexity index is 542. The van der Waals surface area contributed by atoms with Crippen molar-refractivity contribution in [3.63, 3.8) is 0 Å². The van der Waals surface area contributed by atoms with E-state index in [4.69, 9.17) is 0 Å². The zero-order chi connectivity index (χ0) is 17.2. The fourth-order valence-electron chi connectivity index (χ4n) is 2.88. The standard InChI is InChI=1S/C18H28N4O2/c1-2-19-12-14-7-6-10-16(11-14)21-17(23)13-20-18(24)22-15-8-4-3-5-9-15/h6-7,10-11,15,19H,2-5,8-9,12-13H2,1H3,(H,21,23)(H2,20,22,24). The van der Waals surface area contributed by atoms with Gasteiger partial charge in [0.15, 0.2) is 0 Å². The van der Waals surface area contributed by atoms with E-state index in [9.17, 15) is 9.59 Å². The molecule has 1 aliphatic carbocycles. The van der Waals surface area contributed by atoms with Gasteiger partial charge in [0.25, 0.3) is 0 Å². The predicted octanol–water partition coefficient (Wildman–Crippen LogP) is 2.37. The molecule has 0 heterocycles. The fraction of sp³-hybridized carbons (Fsp3) is 0.556. The first-order chi connectivity index (χ1) is 11.7. The number of nitrogens with one attached hydrogen (secondary N) is 4. The van der Waals surface area contributed by atoms with Gasteiger partial charge in [0, 0.05) is 18.3 Å². The Labute approximate surface area is 143 Å². The maximum absolute atomic E-state index is 12.0. The van der Waals surface area contributed by atoms with Gasteiger partial charge in [-0.2, -0.15) is 0 Å². The van der Waals surface area contributed by atoms with Crippen molar-refractivity contribution in [2.24, 2.45) is 0 Å². The molecule has 24 heavy (non-hydrogen) atoms. The molecule has 0 atom stereocenters. The van der Waals surface area contributed by atoms with Crippen molar-refractivity contribution in [1.82, 2.24) is 16.0 Å². The van der Waals surface area contributed by atoms with Crippen molar-refractivity contribution < 1.29 is 9.59 Å². The molecule has 1 aromatic carbocycles. The molecule has 1 aromatic rings. The lowest BCUT2D eigenvalue weighted by Crippen LogP contribution is -2.45. The van der Waals surface area contributed by atoms with Gasteiger partial charge >= 0.3 is 6.03 Å².